The Hall–Kier alpha value is -1.06. The van der Waals surface area contributed by atoms with Crippen molar-refractivity contribution in [3.8, 4) is 0 Å². The molecule has 1 unspecified atom stereocenters. The summed E-state index contributed by atoms with van der Waals surface area (Å²) in [5, 5.41) is 9.22. The van der Waals surface area contributed by atoms with E-state index in [-0.39, 0.29) is 18.6 Å². The predicted octanol–water partition coefficient (Wildman–Crippen LogP) is 2.02. The Morgan fingerprint density at radius 3 is 3.06 bits per heavy atom. The number of carbonyl (C=O) groups excluding carboxylic acids is 1. The summed E-state index contributed by atoms with van der Waals surface area (Å²) in [4.78, 5) is 14.0. The van der Waals surface area contributed by atoms with E-state index in [4.69, 9.17) is 11.6 Å². The summed E-state index contributed by atoms with van der Waals surface area (Å²) < 4.78 is 0. The van der Waals surface area contributed by atoms with Crippen molar-refractivity contribution in [1.29, 1.82) is 0 Å². The molecule has 1 aliphatic heterocycles. The molecule has 1 saturated heterocycles. The monoisotopic (exact) mass is 253 g/mol. The molecule has 1 aromatic rings. The number of halogens is 1. The largest absolute Gasteiger partial charge is 0.394 e. The minimum Gasteiger partial charge on any atom is -0.394 e. The summed E-state index contributed by atoms with van der Waals surface area (Å²) in [7, 11) is 0. The lowest BCUT2D eigenvalue weighted by Gasteiger charge is -2.23. The number of likely N-dealkylation sites (tertiary alicyclic amines) is 1. The molecular weight excluding hydrogens is 238 g/mol. The van der Waals surface area contributed by atoms with Crippen LogP contribution in [0.2, 0.25) is 0 Å². The molecule has 0 spiro atoms. The molecule has 2 rings (SSSR count). The van der Waals surface area contributed by atoms with Gasteiger partial charge in [-0.1, -0.05) is 12.1 Å². The van der Waals surface area contributed by atoms with Crippen molar-refractivity contribution >= 4 is 17.5 Å². The molecule has 0 saturated carbocycles. The van der Waals surface area contributed by atoms with Gasteiger partial charge in [-0.25, -0.2) is 0 Å². The summed E-state index contributed by atoms with van der Waals surface area (Å²) in [6.07, 6.45) is 1.85. The molecule has 0 aliphatic carbocycles. The van der Waals surface area contributed by atoms with Gasteiger partial charge >= 0.3 is 0 Å². The van der Waals surface area contributed by atoms with Crippen molar-refractivity contribution < 1.29 is 9.90 Å². The SMILES string of the molecule is O=C(c1cccc(CCl)c1)N1CCCC1CO. The third-order valence-electron chi connectivity index (χ3n) is 3.18. The number of rotatable bonds is 3. The summed E-state index contributed by atoms with van der Waals surface area (Å²) in [6.45, 7) is 0.774. The number of nitrogens with zero attached hydrogens (tertiary/aromatic N) is 1. The average molecular weight is 254 g/mol. The molecule has 1 fully saturated rings. The smallest absolute Gasteiger partial charge is 0.254 e. The van der Waals surface area contributed by atoms with Gasteiger partial charge in [0.25, 0.3) is 5.91 Å². The molecule has 1 atom stereocenters. The summed E-state index contributed by atoms with van der Waals surface area (Å²) in [5.74, 6) is 0.401. The fraction of sp³-hybridized carbons (Fsp3) is 0.462. The maximum absolute atomic E-state index is 12.3. The van der Waals surface area contributed by atoms with E-state index in [9.17, 15) is 9.90 Å². The van der Waals surface area contributed by atoms with Crippen LogP contribution >= 0.6 is 11.6 Å². The summed E-state index contributed by atoms with van der Waals surface area (Å²) in [6, 6.07) is 7.33. The Morgan fingerprint density at radius 2 is 2.35 bits per heavy atom. The fourth-order valence-electron chi connectivity index (χ4n) is 2.25. The zero-order valence-electron chi connectivity index (χ0n) is 9.60. The van der Waals surface area contributed by atoms with Gasteiger partial charge < -0.3 is 10.0 Å². The second-order valence-corrected chi connectivity index (χ2v) is 4.58. The maximum atomic E-state index is 12.3. The summed E-state index contributed by atoms with van der Waals surface area (Å²) in [5.41, 5.74) is 1.60. The molecule has 1 aromatic carbocycles. The Kier molecular flexibility index (Phi) is 4.02. The Bertz CT molecular complexity index is 408. The number of amides is 1. The lowest BCUT2D eigenvalue weighted by molar-refractivity contribution is 0.0677. The van der Waals surface area contributed by atoms with E-state index >= 15 is 0 Å². The first-order chi connectivity index (χ1) is 8.26. The number of benzene rings is 1. The number of carbonyl (C=O) groups is 1. The third kappa shape index (κ3) is 2.61. The van der Waals surface area contributed by atoms with Crippen molar-refractivity contribution in [2.45, 2.75) is 24.8 Å². The number of aliphatic hydroxyl groups is 1. The molecule has 1 amide bonds. The first-order valence-corrected chi connectivity index (χ1v) is 6.36. The van der Waals surface area contributed by atoms with Gasteiger partial charge in [0, 0.05) is 18.0 Å². The molecule has 92 valence electrons. The fourth-order valence-corrected chi connectivity index (χ4v) is 2.41. The van der Waals surface area contributed by atoms with Crippen LogP contribution in [0.3, 0.4) is 0 Å². The van der Waals surface area contributed by atoms with E-state index in [1.807, 2.05) is 18.2 Å². The molecule has 3 nitrogen and oxygen atoms in total. The van der Waals surface area contributed by atoms with Gasteiger partial charge in [-0.05, 0) is 30.5 Å². The second kappa shape index (κ2) is 5.52. The lowest BCUT2D eigenvalue weighted by atomic mass is 10.1. The van der Waals surface area contributed by atoms with Crippen LogP contribution in [0.5, 0.6) is 0 Å². The molecule has 17 heavy (non-hydrogen) atoms. The first kappa shape index (κ1) is 12.4. The van der Waals surface area contributed by atoms with Crippen LogP contribution in [0.4, 0.5) is 0 Å². The van der Waals surface area contributed by atoms with E-state index in [0.717, 1.165) is 24.9 Å². The second-order valence-electron chi connectivity index (χ2n) is 4.31. The van der Waals surface area contributed by atoms with Gasteiger partial charge in [-0.3, -0.25) is 4.79 Å². The number of aliphatic hydroxyl groups excluding tert-OH is 1. The Morgan fingerprint density at radius 1 is 1.53 bits per heavy atom. The minimum atomic E-state index is -0.0258. The zero-order valence-corrected chi connectivity index (χ0v) is 10.4. The molecule has 4 heteroatoms. The van der Waals surface area contributed by atoms with Crippen LogP contribution in [-0.2, 0) is 5.88 Å². The van der Waals surface area contributed by atoms with Crippen LogP contribution in [0.25, 0.3) is 0 Å². The maximum Gasteiger partial charge on any atom is 0.254 e. The quantitative estimate of drug-likeness (QED) is 0.838. The average Bonchev–Trinajstić information content (AvgIpc) is 2.86. The van der Waals surface area contributed by atoms with E-state index in [1.54, 1.807) is 11.0 Å². The van der Waals surface area contributed by atoms with Crippen LogP contribution in [0.15, 0.2) is 24.3 Å². The lowest BCUT2D eigenvalue weighted by Crippen LogP contribution is -2.37. The molecular formula is C13H16ClNO2. The molecule has 0 bridgehead atoms. The molecule has 0 aromatic heterocycles. The van der Waals surface area contributed by atoms with Crippen LogP contribution in [-0.4, -0.2) is 35.1 Å². The minimum absolute atomic E-state index is 0.00600. The highest BCUT2D eigenvalue weighted by Gasteiger charge is 2.28. The van der Waals surface area contributed by atoms with Crippen molar-refractivity contribution in [2.75, 3.05) is 13.2 Å². The molecule has 1 heterocycles. The van der Waals surface area contributed by atoms with E-state index in [0.29, 0.717) is 11.4 Å². The van der Waals surface area contributed by atoms with Crippen LogP contribution in [0, 0.1) is 0 Å². The summed E-state index contributed by atoms with van der Waals surface area (Å²) >= 11 is 5.75. The van der Waals surface area contributed by atoms with Gasteiger partial charge in [-0.15, -0.1) is 11.6 Å². The highest BCUT2D eigenvalue weighted by Crippen LogP contribution is 2.20. The standard InChI is InChI=1S/C13H16ClNO2/c14-8-10-3-1-4-11(7-10)13(17)15-6-2-5-12(15)9-16/h1,3-4,7,12,16H,2,5-6,8-9H2. The van der Waals surface area contributed by atoms with Crippen LogP contribution in [0.1, 0.15) is 28.8 Å². The highest BCUT2D eigenvalue weighted by atomic mass is 35.5. The predicted molar refractivity (Wildman–Crippen MR) is 67.1 cm³/mol. The van der Waals surface area contributed by atoms with Crippen molar-refractivity contribution in [1.82, 2.24) is 4.90 Å². The first-order valence-electron chi connectivity index (χ1n) is 5.83. The van der Waals surface area contributed by atoms with Crippen molar-refractivity contribution in [3.63, 3.8) is 0 Å². The van der Waals surface area contributed by atoms with E-state index in [2.05, 4.69) is 0 Å². The van der Waals surface area contributed by atoms with Crippen LogP contribution < -0.4 is 0 Å². The molecule has 1 aliphatic rings. The van der Waals surface area contributed by atoms with Gasteiger partial charge in [-0.2, -0.15) is 0 Å². The number of hydrogen-bond donors (Lipinski definition) is 1. The third-order valence-corrected chi connectivity index (χ3v) is 3.49. The zero-order chi connectivity index (χ0) is 12.3. The van der Waals surface area contributed by atoms with Crippen molar-refractivity contribution in [2.24, 2.45) is 0 Å². The Balaban J connectivity index is 2.18. The topological polar surface area (TPSA) is 40.5 Å². The molecule has 1 N–H and O–H groups in total. The van der Waals surface area contributed by atoms with Gasteiger partial charge in [0.05, 0.1) is 12.6 Å². The van der Waals surface area contributed by atoms with Crippen molar-refractivity contribution in [3.05, 3.63) is 35.4 Å². The van der Waals surface area contributed by atoms with E-state index < -0.39 is 0 Å². The molecule has 0 radical (unpaired) electrons. The number of alkyl halides is 1. The van der Waals surface area contributed by atoms with Gasteiger partial charge in [0.2, 0.25) is 0 Å². The van der Waals surface area contributed by atoms with Gasteiger partial charge in [0.15, 0.2) is 0 Å². The normalized spacial score (nSPS) is 19.6. The highest BCUT2D eigenvalue weighted by molar-refractivity contribution is 6.17. The number of hydrogen-bond acceptors (Lipinski definition) is 2. The van der Waals surface area contributed by atoms with E-state index in [1.165, 1.54) is 0 Å². The Labute approximate surface area is 106 Å². The van der Waals surface area contributed by atoms with Gasteiger partial charge in [0.1, 0.15) is 0 Å².